The molecule has 2 heterocycles. The van der Waals surface area contributed by atoms with Gasteiger partial charge in [0.1, 0.15) is 5.75 Å². The normalized spacial score (nSPS) is 17.4. The number of nitrogens with zero attached hydrogens (tertiary/aromatic N) is 4. The molecule has 0 bridgehead atoms. The molecular formula is C18H23BN4O4. The van der Waals surface area contributed by atoms with E-state index in [2.05, 4.69) is 16.7 Å². The van der Waals surface area contributed by atoms with Gasteiger partial charge in [0.2, 0.25) is 5.96 Å². The topological polar surface area (TPSA) is 87.0 Å². The van der Waals surface area contributed by atoms with Crippen LogP contribution in [0.2, 0.25) is 0 Å². The zero-order valence-electron chi connectivity index (χ0n) is 15.4. The van der Waals surface area contributed by atoms with Crippen molar-refractivity contribution in [3.63, 3.8) is 0 Å². The lowest BCUT2D eigenvalue weighted by molar-refractivity contribution is -0.134. The number of carbonyl (C=O) groups is 1. The Balaban J connectivity index is 1.49. The lowest BCUT2D eigenvalue weighted by Crippen LogP contribution is -2.51. The van der Waals surface area contributed by atoms with Gasteiger partial charge < -0.3 is 24.2 Å². The molecule has 1 aromatic rings. The lowest BCUT2D eigenvalue weighted by Gasteiger charge is -2.35. The van der Waals surface area contributed by atoms with Crippen molar-refractivity contribution in [1.29, 1.82) is 0 Å². The number of aliphatic imine (C=N–C) groups is 2. The first-order chi connectivity index (χ1) is 13.1. The number of rotatable bonds is 4. The van der Waals surface area contributed by atoms with Crippen molar-refractivity contribution in [1.82, 2.24) is 9.80 Å². The van der Waals surface area contributed by atoms with Crippen LogP contribution in [-0.2, 0) is 16.1 Å². The number of ether oxygens (including phenoxy) is 1. The highest BCUT2D eigenvalue weighted by Gasteiger charge is 2.27. The van der Waals surface area contributed by atoms with Crippen molar-refractivity contribution in [2.24, 2.45) is 9.98 Å². The van der Waals surface area contributed by atoms with Crippen LogP contribution in [0.25, 0.3) is 0 Å². The maximum Gasteiger partial charge on any atom is 0.491 e. The molecule has 27 heavy (non-hydrogen) atoms. The fraction of sp³-hybridized carbons (Fsp3) is 0.389. The second-order valence-corrected chi connectivity index (χ2v) is 6.25. The molecule has 1 fully saturated rings. The third-order valence-electron chi connectivity index (χ3n) is 4.54. The van der Waals surface area contributed by atoms with Crippen molar-refractivity contribution < 1.29 is 19.2 Å². The van der Waals surface area contributed by atoms with Crippen LogP contribution >= 0.6 is 0 Å². The van der Waals surface area contributed by atoms with Gasteiger partial charge in [-0.05, 0) is 36.8 Å². The van der Waals surface area contributed by atoms with Gasteiger partial charge in [0.25, 0.3) is 5.91 Å². The van der Waals surface area contributed by atoms with Gasteiger partial charge in [-0.15, -0.1) is 0 Å². The molecule has 1 N–H and O–H groups in total. The molecular weight excluding hydrogens is 347 g/mol. The van der Waals surface area contributed by atoms with Gasteiger partial charge in [0, 0.05) is 32.4 Å². The van der Waals surface area contributed by atoms with E-state index < -0.39 is 7.12 Å². The average Bonchev–Trinajstić information content (AvgIpc) is 3.07. The van der Waals surface area contributed by atoms with Crippen LogP contribution in [0.5, 0.6) is 5.75 Å². The number of hydrogen-bond acceptors (Lipinski definition) is 5. The molecule has 0 aromatic heterocycles. The molecule has 1 aromatic carbocycles. The number of fused-ring (bicyclic) bond motifs is 1. The highest BCUT2D eigenvalue weighted by atomic mass is 16.5. The van der Waals surface area contributed by atoms with E-state index in [0.717, 1.165) is 11.0 Å². The Labute approximate surface area is 158 Å². The fourth-order valence-corrected chi connectivity index (χ4v) is 3.05. The number of carbonyl (C=O) groups excluding carboxylic acids is 1. The molecule has 0 atom stereocenters. The molecule has 1 amide bonds. The molecule has 9 heteroatoms. The van der Waals surface area contributed by atoms with E-state index in [1.165, 1.54) is 0 Å². The Morgan fingerprint density at radius 1 is 1.37 bits per heavy atom. The van der Waals surface area contributed by atoms with E-state index in [4.69, 9.17) is 9.39 Å². The Hall–Kier alpha value is -2.65. The van der Waals surface area contributed by atoms with E-state index in [0.29, 0.717) is 44.5 Å². The van der Waals surface area contributed by atoms with Gasteiger partial charge in [-0.1, -0.05) is 12.1 Å². The van der Waals surface area contributed by atoms with E-state index in [-0.39, 0.29) is 12.5 Å². The third-order valence-corrected chi connectivity index (χ3v) is 4.54. The lowest BCUT2D eigenvalue weighted by atomic mass is 9.80. The predicted octanol–water partition coefficient (Wildman–Crippen LogP) is 0.0175. The minimum Gasteiger partial charge on any atom is -0.484 e. The van der Waals surface area contributed by atoms with Crippen LogP contribution in [-0.4, -0.2) is 73.3 Å². The standard InChI is InChI=1S/C18H23BN4O4/c1-3-6-21-18(20-2)23-9-7-22(8-10-23)17(24)13-26-15-4-5-16-14(11-15)12-27-19(16)25/h3-6,11,25H,2,7-10,12-13H2,1H3/b6-3-,21-18?. The first-order valence-electron chi connectivity index (χ1n) is 8.86. The van der Waals surface area contributed by atoms with E-state index in [9.17, 15) is 9.82 Å². The molecule has 142 valence electrons. The zero-order valence-corrected chi connectivity index (χ0v) is 15.4. The zero-order chi connectivity index (χ0) is 19.2. The number of benzene rings is 1. The Bertz CT molecular complexity index is 760. The number of hydrogen-bond donors (Lipinski definition) is 1. The molecule has 8 nitrogen and oxygen atoms in total. The second-order valence-electron chi connectivity index (χ2n) is 6.25. The summed E-state index contributed by atoms with van der Waals surface area (Å²) in [6, 6.07) is 5.30. The summed E-state index contributed by atoms with van der Waals surface area (Å²) >= 11 is 0. The molecule has 0 radical (unpaired) electrons. The van der Waals surface area contributed by atoms with Crippen molar-refractivity contribution >= 4 is 31.2 Å². The largest absolute Gasteiger partial charge is 0.491 e. The van der Waals surface area contributed by atoms with Gasteiger partial charge in [0.05, 0.1) is 6.61 Å². The summed E-state index contributed by atoms with van der Waals surface area (Å²) in [6.45, 7) is 8.22. The average molecular weight is 370 g/mol. The van der Waals surface area contributed by atoms with E-state index in [1.54, 1.807) is 29.3 Å². The van der Waals surface area contributed by atoms with E-state index in [1.807, 2.05) is 17.9 Å². The highest BCUT2D eigenvalue weighted by molar-refractivity contribution is 6.61. The van der Waals surface area contributed by atoms with Crippen molar-refractivity contribution in [3.05, 3.63) is 36.0 Å². The maximum absolute atomic E-state index is 12.4. The van der Waals surface area contributed by atoms with Gasteiger partial charge in [0.15, 0.2) is 6.61 Å². The summed E-state index contributed by atoms with van der Waals surface area (Å²) < 4.78 is 10.8. The number of amides is 1. The Kier molecular flexibility index (Phi) is 6.26. The highest BCUT2D eigenvalue weighted by Crippen LogP contribution is 2.17. The van der Waals surface area contributed by atoms with E-state index >= 15 is 0 Å². The van der Waals surface area contributed by atoms with Gasteiger partial charge in [-0.25, -0.2) is 9.98 Å². The summed E-state index contributed by atoms with van der Waals surface area (Å²) in [6.07, 6.45) is 3.50. The summed E-state index contributed by atoms with van der Waals surface area (Å²) in [5.74, 6) is 1.10. The monoisotopic (exact) mass is 370 g/mol. The minimum absolute atomic E-state index is 0.0264. The fourth-order valence-electron chi connectivity index (χ4n) is 3.05. The summed E-state index contributed by atoms with van der Waals surface area (Å²) in [5.41, 5.74) is 1.63. The smallest absolute Gasteiger partial charge is 0.484 e. The van der Waals surface area contributed by atoms with Crippen molar-refractivity contribution in [3.8, 4) is 5.75 Å². The van der Waals surface area contributed by atoms with Gasteiger partial charge in [-0.2, -0.15) is 0 Å². The summed E-state index contributed by atoms with van der Waals surface area (Å²) in [5, 5.41) is 9.64. The molecule has 2 aliphatic rings. The molecule has 0 saturated carbocycles. The minimum atomic E-state index is -0.877. The molecule has 0 unspecified atom stereocenters. The molecule has 1 saturated heterocycles. The molecule has 3 rings (SSSR count). The predicted molar refractivity (Wildman–Crippen MR) is 104 cm³/mol. The van der Waals surface area contributed by atoms with Crippen LogP contribution in [0.15, 0.2) is 40.5 Å². The Morgan fingerprint density at radius 3 is 2.81 bits per heavy atom. The SMILES string of the molecule is C=NC(=N/C=C\C)N1CCN(C(=O)COc2ccc3c(c2)COB3O)CC1. The van der Waals surface area contributed by atoms with Crippen LogP contribution in [0.4, 0.5) is 0 Å². The Morgan fingerprint density at radius 2 is 2.11 bits per heavy atom. The molecule has 0 spiro atoms. The summed E-state index contributed by atoms with van der Waals surface area (Å²) in [4.78, 5) is 24.4. The van der Waals surface area contributed by atoms with Crippen LogP contribution in [0.3, 0.4) is 0 Å². The molecule has 2 aliphatic heterocycles. The van der Waals surface area contributed by atoms with Crippen LogP contribution in [0, 0.1) is 0 Å². The van der Waals surface area contributed by atoms with Crippen molar-refractivity contribution in [2.75, 3.05) is 32.8 Å². The van der Waals surface area contributed by atoms with Crippen molar-refractivity contribution in [2.45, 2.75) is 13.5 Å². The first kappa shape index (κ1) is 19.1. The van der Waals surface area contributed by atoms with Gasteiger partial charge >= 0.3 is 7.12 Å². The van der Waals surface area contributed by atoms with Crippen LogP contribution < -0.4 is 10.2 Å². The maximum atomic E-state index is 12.4. The van der Waals surface area contributed by atoms with Gasteiger partial charge in [-0.3, -0.25) is 4.79 Å². The molecule has 0 aliphatic carbocycles. The second kappa shape index (κ2) is 8.83. The first-order valence-corrected chi connectivity index (χ1v) is 8.86. The third kappa shape index (κ3) is 4.56. The summed E-state index contributed by atoms with van der Waals surface area (Å²) in [7, 11) is -0.877. The number of piperazine rings is 1. The number of allylic oxidation sites excluding steroid dienone is 1. The quantitative estimate of drug-likeness (QED) is 0.459. The number of guanidine groups is 1. The van der Waals surface area contributed by atoms with Crippen LogP contribution in [0.1, 0.15) is 12.5 Å².